The average molecular weight is 269 g/mol. The molecule has 2 heterocycles. The SMILES string of the molecule is O=C(CCC1CCCCO1)c1cccc2cnccc12. The summed E-state index contributed by atoms with van der Waals surface area (Å²) in [6.07, 6.45) is 8.67. The van der Waals surface area contributed by atoms with Crippen molar-refractivity contribution in [3.63, 3.8) is 0 Å². The van der Waals surface area contributed by atoms with E-state index in [1.165, 1.54) is 6.42 Å². The maximum absolute atomic E-state index is 12.4. The second kappa shape index (κ2) is 6.14. The van der Waals surface area contributed by atoms with Crippen LogP contribution in [0.25, 0.3) is 10.8 Å². The van der Waals surface area contributed by atoms with Gasteiger partial charge < -0.3 is 4.74 Å². The maximum Gasteiger partial charge on any atom is 0.163 e. The van der Waals surface area contributed by atoms with Gasteiger partial charge >= 0.3 is 0 Å². The molecular formula is C17H19NO2. The molecule has 0 radical (unpaired) electrons. The molecule has 1 atom stereocenters. The summed E-state index contributed by atoms with van der Waals surface area (Å²) in [4.78, 5) is 16.5. The quantitative estimate of drug-likeness (QED) is 0.793. The lowest BCUT2D eigenvalue weighted by Gasteiger charge is -2.22. The fraction of sp³-hybridized carbons (Fsp3) is 0.412. The van der Waals surface area contributed by atoms with Crippen molar-refractivity contribution in [3.05, 3.63) is 42.2 Å². The fourth-order valence-electron chi connectivity index (χ4n) is 2.83. The van der Waals surface area contributed by atoms with Gasteiger partial charge in [0.1, 0.15) is 0 Å². The number of carbonyl (C=O) groups is 1. The van der Waals surface area contributed by atoms with E-state index in [0.29, 0.717) is 6.42 Å². The Morgan fingerprint density at radius 2 is 2.25 bits per heavy atom. The molecule has 0 spiro atoms. The predicted molar refractivity (Wildman–Crippen MR) is 78.9 cm³/mol. The van der Waals surface area contributed by atoms with Crippen molar-refractivity contribution in [2.75, 3.05) is 6.61 Å². The summed E-state index contributed by atoms with van der Waals surface area (Å²) < 4.78 is 5.69. The number of hydrogen-bond donors (Lipinski definition) is 0. The highest BCUT2D eigenvalue weighted by atomic mass is 16.5. The van der Waals surface area contributed by atoms with E-state index in [1.807, 2.05) is 24.3 Å². The molecule has 0 saturated carbocycles. The highest BCUT2D eigenvalue weighted by molar-refractivity contribution is 6.07. The number of rotatable bonds is 4. The van der Waals surface area contributed by atoms with E-state index in [-0.39, 0.29) is 11.9 Å². The van der Waals surface area contributed by atoms with Crippen LogP contribution < -0.4 is 0 Å². The molecule has 0 bridgehead atoms. The third-order valence-corrected chi connectivity index (χ3v) is 3.95. The van der Waals surface area contributed by atoms with E-state index in [9.17, 15) is 4.79 Å². The van der Waals surface area contributed by atoms with Crippen molar-refractivity contribution in [2.45, 2.75) is 38.2 Å². The van der Waals surface area contributed by atoms with Crippen molar-refractivity contribution in [1.29, 1.82) is 0 Å². The van der Waals surface area contributed by atoms with Gasteiger partial charge in [0.2, 0.25) is 0 Å². The number of pyridine rings is 1. The standard InChI is InChI=1S/C17H19NO2/c19-17(8-7-14-5-1-2-11-20-14)16-6-3-4-13-12-18-10-9-15(13)16/h3-4,6,9-10,12,14H,1-2,5,7-8,11H2. The largest absolute Gasteiger partial charge is 0.378 e. The molecule has 1 unspecified atom stereocenters. The Balaban J connectivity index is 1.72. The Kier molecular flexibility index (Phi) is 4.07. The van der Waals surface area contributed by atoms with Crippen LogP contribution in [0.3, 0.4) is 0 Å². The first-order valence-corrected chi connectivity index (χ1v) is 7.32. The van der Waals surface area contributed by atoms with Crippen LogP contribution in [0.15, 0.2) is 36.7 Å². The molecule has 1 saturated heterocycles. The first-order valence-electron chi connectivity index (χ1n) is 7.32. The number of nitrogens with zero attached hydrogens (tertiary/aromatic N) is 1. The van der Waals surface area contributed by atoms with Gasteiger partial charge in [-0.1, -0.05) is 18.2 Å². The Hall–Kier alpha value is -1.74. The zero-order valence-electron chi connectivity index (χ0n) is 11.5. The molecule has 3 heteroatoms. The molecule has 104 valence electrons. The van der Waals surface area contributed by atoms with Gasteiger partial charge in [-0.05, 0) is 37.1 Å². The molecule has 3 rings (SSSR count). The number of fused-ring (bicyclic) bond motifs is 1. The van der Waals surface area contributed by atoms with Crippen LogP contribution in [0.1, 0.15) is 42.5 Å². The van der Waals surface area contributed by atoms with E-state index >= 15 is 0 Å². The van der Waals surface area contributed by atoms with Gasteiger partial charge in [0.25, 0.3) is 0 Å². The number of benzene rings is 1. The van der Waals surface area contributed by atoms with Crippen LogP contribution >= 0.6 is 0 Å². The second-order valence-electron chi connectivity index (χ2n) is 5.35. The summed E-state index contributed by atoms with van der Waals surface area (Å²) >= 11 is 0. The minimum Gasteiger partial charge on any atom is -0.378 e. The van der Waals surface area contributed by atoms with Crippen LogP contribution in [0, 0.1) is 0 Å². The van der Waals surface area contributed by atoms with Crippen molar-refractivity contribution in [2.24, 2.45) is 0 Å². The number of ether oxygens (including phenoxy) is 1. The summed E-state index contributed by atoms with van der Waals surface area (Å²) in [7, 11) is 0. The van der Waals surface area contributed by atoms with Gasteiger partial charge in [-0.3, -0.25) is 9.78 Å². The smallest absolute Gasteiger partial charge is 0.163 e. The molecule has 3 nitrogen and oxygen atoms in total. The topological polar surface area (TPSA) is 39.2 Å². The van der Waals surface area contributed by atoms with E-state index < -0.39 is 0 Å². The van der Waals surface area contributed by atoms with Crippen LogP contribution in [0.4, 0.5) is 0 Å². The van der Waals surface area contributed by atoms with Gasteiger partial charge in [-0.25, -0.2) is 0 Å². The van der Waals surface area contributed by atoms with E-state index in [2.05, 4.69) is 4.98 Å². The summed E-state index contributed by atoms with van der Waals surface area (Å²) in [5, 5.41) is 2.02. The van der Waals surface area contributed by atoms with Crippen LogP contribution in [-0.4, -0.2) is 23.5 Å². The Bertz CT molecular complexity index is 597. The molecule has 1 fully saturated rings. The number of carbonyl (C=O) groups excluding carboxylic acids is 1. The van der Waals surface area contributed by atoms with Crippen LogP contribution in [0.2, 0.25) is 0 Å². The van der Waals surface area contributed by atoms with Gasteiger partial charge in [0.15, 0.2) is 5.78 Å². The molecule has 2 aromatic rings. The fourth-order valence-corrected chi connectivity index (χ4v) is 2.83. The molecule has 1 aromatic carbocycles. The number of hydrogen-bond acceptors (Lipinski definition) is 3. The molecule has 1 aromatic heterocycles. The predicted octanol–water partition coefficient (Wildman–Crippen LogP) is 3.77. The van der Waals surface area contributed by atoms with Crippen molar-refractivity contribution < 1.29 is 9.53 Å². The van der Waals surface area contributed by atoms with E-state index in [1.54, 1.807) is 12.4 Å². The monoisotopic (exact) mass is 269 g/mol. The van der Waals surface area contributed by atoms with Crippen LogP contribution in [0.5, 0.6) is 0 Å². The first-order chi connectivity index (χ1) is 9.84. The molecule has 0 aliphatic carbocycles. The van der Waals surface area contributed by atoms with Crippen molar-refractivity contribution >= 4 is 16.6 Å². The van der Waals surface area contributed by atoms with Gasteiger partial charge in [-0.2, -0.15) is 0 Å². The van der Waals surface area contributed by atoms with Gasteiger partial charge in [-0.15, -0.1) is 0 Å². The Morgan fingerprint density at radius 1 is 1.30 bits per heavy atom. The summed E-state index contributed by atoms with van der Waals surface area (Å²) in [5.41, 5.74) is 0.806. The zero-order chi connectivity index (χ0) is 13.8. The first kappa shape index (κ1) is 13.3. The Morgan fingerprint density at radius 3 is 3.10 bits per heavy atom. The molecular weight excluding hydrogens is 250 g/mol. The molecule has 1 aliphatic heterocycles. The average Bonchev–Trinajstić information content (AvgIpc) is 2.53. The molecule has 20 heavy (non-hydrogen) atoms. The van der Waals surface area contributed by atoms with Crippen molar-refractivity contribution in [3.8, 4) is 0 Å². The van der Waals surface area contributed by atoms with E-state index in [4.69, 9.17) is 4.74 Å². The molecule has 0 N–H and O–H groups in total. The Labute approximate surface area is 119 Å². The highest BCUT2D eigenvalue weighted by Crippen LogP contribution is 2.22. The zero-order valence-corrected chi connectivity index (χ0v) is 11.5. The van der Waals surface area contributed by atoms with Crippen LogP contribution in [-0.2, 0) is 4.74 Å². The maximum atomic E-state index is 12.4. The number of aromatic nitrogens is 1. The second-order valence-corrected chi connectivity index (χ2v) is 5.35. The summed E-state index contributed by atoms with van der Waals surface area (Å²) in [6, 6.07) is 7.74. The minimum absolute atomic E-state index is 0.205. The lowest BCUT2D eigenvalue weighted by Crippen LogP contribution is -2.20. The summed E-state index contributed by atoms with van der Waals surface area (Å²) in [5.74, 6) is 0.205. The lowest BCUT2D eigenvalue weighted by atomic mass is 9.97. The molecule has 1 aliphatic rings. The third-order valence-electron chi connectivity index (χ3n) is 3.95. The highest BCUT2D eigenvalue weighted by Gasteiger charge is 2.17. The minimum atomic E-state index is 0.205. The van der Waals surface area contributed by atoms with Gasteiger partial charge in [0.05, 0.1) is 6.10 Å². The molecule has 0 amide bonds. The lowest BCUT2D eigenvalue weighted by molar-refractivity contribution is 0.0104. The summed E-state index contributed by atoms with van der Waals surface area (Å²) in [6.45, 7) is 0.846. The normalized spacial score (nSPS) is 19.1. The number of ketones is 1. The third kappa shape index (κ3) is 2.88. The van der Waals surface area contributed by atoms with Gasteiger partial charge in [0, 0.05) is 36.4 Å². The van der Waals surface area contributed by atoms with E-state index in [0.717, 1.165) is 42.2 Å². The number of Topliss-reactive ketones (excluding diaryl/α,β-unsaturated/α-hetero) is 1. The van der Waals surface area contributed by atoms with Crippen molar-refractivity contribution in [1.82, 2.24) is 4.98 Å².